The number of nitrogens with two attached hydrogens (primary N) is 2. The second-order valence-electron chi connectivity index (χ2n) is 15.9. The molecule has 0 aliphatic heterocycles. The smallest absolute Gasteiger partial charge is 0.744 e. The molecule has 29 nitrogen and oxygen atoms in total. The Morgan fingerprint density at radius 2 is 0.841 bits per heavy atom. The number of nitrogens with zero attached hydrogens (tertiary/aromatic N) is 8. The van der Waals surface area contributed by atoms with Crippen LogP contribution in [0.15, 0.2) is 164 Å². The fourth-order valence-electron chi connectivity index (χ4n) is 7.05. The minimum absolute atomic E-state index is 0. The fourth-order valence-corrected chi connectivity index (χ4v) is 8.37. The minimum atomic E-state index is -5.36. The number of carboxylic acid groups (broad SMARTS) is 2. The van der Waals surface area contributed by atoms with Crippen molar-refractivity contribution in [2.75, 3.05) is 32.7 Å². The third-order valence-corrected chi connectivity index (χ3v) is 12.4. The maximum Gasteiger partial charge on any atom is 1.00 e. The summed E-state index contributed by atoms with van der Waals surface area (Å²) in [7, 11) is -10.7. The first-order chi connectivity index (χ1) is 36.9. The molecule has 0 saturated heterocycles. The minimum Gasteiger partial charge on any atom is -0.744 e. The van der Waals surface area contributed by atoms with E-state index in [4.69, 9.17) is 11.5 Å². The number of aromatic nitrogens is 4. The van der Waals surface area contributed by atoms with E-state index in [1.54, 1.807) is 12.1 Å². The van der Waals surface area contributed by atoms with E-state index >= 15 is 0 Å². The van der Waals surface area contributed by atoms with Crippen LogP contribution in [0.1, 0.15) is 41.4 Å². The SMILES string of the molecule is Nc1cccc(-n2nc(N=Nc3ccc(C(=O)Nc4ccc(NC(=O)Nc5ccc(NC(=O)c6ccc(N=Nc7nn(-c8cccc(N)c8)c(O)c7C(=O)[O-])cc6)c(S(=O)(=O)[O-])c5)cc4S(=O)(=O)[O-])cc3)c(C(=O)[O-])c2O)c1.[Na+].[Na+].[Na+].[Na+]. The Balaban J connectivity index is 0.00000361. The van der Waals surface area contributed by atoms with Crippen LogP contribution in [0.3, 0.4) is 0 Å². The predicted octanol–water partition coefficient (Wildman–Crippen LogP) is -7.84. The fraction of sp³-hybridized carbons (Fsp3) is 0. The van der Waals surface area contributed by atoms with Gasteiger partial charge in [0.15, 0.2) is 0 Å². The summed E-state index contributed by atoms with van der Waals surface area (Å²) in [5, 5.41) is 77.0. The van der Waals surface area contributed by atoms with Crippen molar-refractivity contribution in [3.05, 3.63) is 156 Å². The Kier molecular flexibility index (Phi) is 23.4. The van der Waals surface area contributed by atoms with Gasteiger partial charge in [0.25, 0.3) is 11.8 Å². The van der Waals surface area contributed by atoms with Gasteiger partial charge in [0.1, 0.15) is 31.4 Å². The van der Waals surface area contributed by atoms with Gasteiger partial charge >= 0.3 is 124 Å². The normalized spacial score (nSPS) is 11.0. The number of benzene rings is 6. The number of aromatic carboxylic acids is 2. The van der Waals surface area contributed by atoms with Gasteiger partial charge in [-0.2, -0.15) is 9.36 Å². The molecule has 6 aromatic carbocycles. The van der Waals surface area contributed by atoms with E-state index in [0.29, 0.717) is 12.1 Å². The summed E-state index contributed by atoms with van der Waals surface area (Å²) in [6.45, 7) is 0. The molecule has 0 unspecified atom stereocenters. The molecule has 396 valence electrons. The van der Waals surface area contributed by atoms with Crippen LogP contribution in [-0.4, -0.2) is 85.5 Å². The van der Waals surface area contributed by atoms with Gasteiger partial charge < -0.3 is 71.9 Å². The molecule has 8 aromatic rings. The van der Waals surface area contributed by atoms with Crippen LogP contribution in [0.25, 0.3) is 11.4 Å². The van der Waals surface area contributed by atoms with E-state index < -0.39 is 106 Å². The number of amides is 4. The number of nitrogens with one attached hydrogen (secondary N) is 4. The van der Waals surface area contributed by atoms with E-state index in [1.165, 1.54) is 84.9 Å². The number of carboxylic acids is 2. The Morgan fingerprint density at radius 3 is 1.16 bits per heavy atom. The van der Waals surface area contributed by atoms with Gasteiger partial charge in [-0.05, 0) is 121 Å². The summed E-state index contributed by atoms with van der Waals surface area (Å²) in [5.41, 5.74) is 9.25. The molecule has 10 N–H and O–H groups in total. The Hall–Kier alpha value is -6.89. The Morgan fingerprint density at radius 1 is 0.488 bits per heavy atom. The zero-order valence-corrected chi connectivity index (χ0v) is 52.6. The van der Waals surface area contributed by atoms with Gasteiger partial charge in [-0.25, -0.2) is 21.6 Å². The summed E-state index contributed by atoms with van der Waals surface area (Å²) in [6.07, 6.45) is 0. The van der Waals surface area contributed by atoms with E-state index in [9.17, 15) is 70.3 Å². The number of azo groups is 2. The van der Waals surface area contributed by atoms with E-state index in [1.807, 2.05) is 0 Å². The van der Waals surface area contributed by atoms with Crippen LogP contribution in [0.2, 0.25) is 0 Å². The molecule has 4 amide bonds. The van der Waals surface area contributed by atoms with Gasteiger partial charge in [-0.15, -0.1) is 30.7 Å². The standard InChI is InChI=1S/C47H36N14O15S2.4Na/c48-25-3-1-5-31(19-25)60-43(64)37(45(66)67)39(58-60)56-54-27-11-7-23(8-12-27)41(62)52-33-17-15-29(21-35(33)77(71,72)73)50-47(70)51-30-16-18-34(36(22-30)78(74,75)76)53-42(63)24-9-13-28(14-10-24)55-57-40-38(46(68)69)44(65)61(59-40)32-6-2-4-26(49)20-32;;;;/h1-22,64-65H,48-49H2,(H,52,62)(H,53,63)(H,66,67)(H,68,69)(H2,50,51,70)(H,71,72,73)(H,74,75,76);;;;/q;4*+1/p-4. The van der Waals surface area contributed by atoms with Gasteiger partial charge in [0, 0.05) is 33.9 Å². The summed E-state index contributed by atoms with van der Waals surface area (Å²) in [5.74, 6) is -8.17. The van der Waals surface area contributed by atoms with Crippen molar-refractivity contribution >= 4 is 107 Å². The molecule has 0 bridgehead atoms. The third kappa shape index (κ3) is 16.2. The number of carbonyl (C=O) groups excluding carboxylic acids is 5. The molecular formula is C47H32N14Na4O15S2. The van der Waals surface area contributed by atoms with Gasteiger partial charge in [0.05, 0.1) is 55.9 Å². The van der Waals surface area contributed by atoms with Crippen LogP contribution in [-0.2, 0) is 20.2 Å². The van der Waals surface area contributed by atoms with Crippen molar-refractivity contribution in [3.63, 3.8) is 0 Å². The quantitative estimate of drug-likeness (QED) is 0.0193. The Labute approximate surface area is 551 Å². The van der Waals surface area contributed by atoms with Crippen molar-refractivity contribution in [2.45, 2.75) is 9.79 Å². The summed E-state index contributed by atoms with van der Waals surface area (Å²) in [6, 6.07) is 26.3. The number of carbonyl (C=O) groups is 5. The first-order valence-electron chi connectivity index (χ1n) is 21.7. The van der Waals surface area contributed by atoms with Crippen molar-refractivity contribution in [1.82, 2.24) is 19.6 Å². The molecule has 2 aromatic heterocycles. The summed E-state index contributed by atoms with van der Waals surface area (Å²) in [4.78, 5) is 61.0. The summed E-state index contributed by atoms with van der Waals surface area (Å²) >= 11 is 0. The van der Waals surface area contributed by atoms with E-state index in [0.717, 1.165) is 33.6 Å². The third-order valence-electron chi connectivity index (χ3n) is 10.6. The molecule has 0 atom stereocenters. The number of hydrogen-bond donors (Lipinski definition) is 8. The average Bonchev–Trinajstić information content (AvgIpc) is 4.15. The molecule has 0 saturated carbocycles. The number of hydrogen-bond acceptors (Lipinski definition) is 23. The maximum absolute atomic E-state index is 13.2. The predicted molar refractivity (Wildman–Crippen MR) is 267 cm³/mol. The van der Waals surface area contributed by atoms with Crippen molar-refractivity contribution in [3.8, 4) is 23.1 Å². The molecule has 2 heterocycles. The molecule has 82 heavy (non-hydrogen) atoms. The molecule has 35 heteroatoms. The monoisotopic (exact) mass is 1190 g/mol. The molecule has 0 aliphatic carbocycles. The molecule has 8 rings (SSSR count). The molecule has 0 radical (unpaired) electrons. The second kappa shape index (κ2) is 28.4. The summed E-state index contributed by atoms with van der Waals surface area (Å²) < 4.78 is 75.8. The maximum atomic E-state index is 13.2. The molecular weight excluding hydrogens is 1160 g/mol. The van der Waals surface area contributed by atoms with Crippen molar-refractivity contribution in [2.24, 2.45) is 20.5 Å². The number of nitrogen functional groups attached to an aromatic ring is 2. The second-order valence-corrected chi connectivity index (χ2v) is 18.6. The van der Waals surface area contributed by atoms with Crippen molar-refractivity contribution < 1.29 is 189 Å². The van der Waals surface area contributed by atoms with Crippen LogP contribution in [0, 0.1) is 0 Å². The zero-order chi connectivity index (χ0) is 56.2. The molecule has 0 spiro atoms. The van der Waals surface area contributed by atoms with E-state index in [2.05, 4.69) is 51.9 Å². The molecule has 0 aliphatic rings. The van der Waals surface area contributed by atoms with E-state index in [-0.39, 0.29) is 175 Å². The number of urea groups is 1. The van der Waals surface area contributed by atoms with Crippen LogP contribution in [0.4, 0.5) is 61.9 Å². The average molecular weight is 1190 g/mol. The number of aromatic hydroxyl groups is 2. The zero-order valence-electron chi connectivity index (χ0n) is 43.0. The van der Waals surface area contributed by atoms with Crippen molar-refractivity contribution in [1.29, 1.82) is 0 Å². The number of rotatable bonds is 16. The van der Waals surface area contributed by atoms with Crippen LogP contribution in [0.5, 0.6) is 11.8 Å². The van der Waals surface area contributed by atoms with Crippen LogP contribution >= 0.6 is 0 Å². The Bertz CT molecular complexity index is 3820. The van der Waals surface area contributed by atoms with Gasteiger partial charge in [-0.1, -0.05) is 12.1 Å². The number of anilines is 6. The van der Waals surface area contributed by atoms with Crippen LogP contribution < -0.4 is 161 Å². The first kappa shape index (κ1) is 67.6. The van der Waals surface area contributed by atoms with Gasteiger partial charge in [-0.3, -0.25) is 9.59 Å². The van der Waals surface area contributed by atoms with Gasteiger partial charge in [0.2, 0.25) is 23.4 Å². The molecule has 0 fully saturated rings. The first-order valence-corrected chi connectivity index (χ1v) is 24.5. The largest absolute Gasteiger partial charge is 1.00 e. The topological polar surface area (TPSA) is 472 Å².